The van der Waals surface area contributed by atoms with Crippen molar-refractivity contribution in [1.82, 2.24) is 4.83 Å². The molecule has 0 saturated heterocycles. The molecule has 4 unspecified atom stereocenters. The van der Waals surface area contributed by atoms with E-state index in [2.05, 4.69) is 9.93 Å². The summed E-state index contributed by atoms with van der Waals surface area (Å²) in [7, 11) is -2.61. The number of carbonyl (C=O) groups excluding carboxylic acids is 2. The van der Waals surface area contributed by atoms with Crippen molar-refractivity contribution >= 4 is 27.7 Å². The highest BCUT2D eigenvalue weighted by molar-refractivity contribution is 7.89. The van der Waals surface area contributed by atoms with Crippen LogP contribution in [0.3, 0.4) is 0 Å². The molecule has 1 saturated carbocycles. The van der Waals surface area contributed by atoms with E-state index in [1.165, 1.54) is 26.2 Å². The minimum Gasteiger partial charge on any atom is -0.497 e. The largest absolute Gasteiger partial charge is 0.497 e. The maximum absolute atomic E-state index is 13.9. The molecule has 0 aromatic heterocycles. The highest BCUT2D eigenvalue weighted by atomic mass is 32.2. The Balaban J connectivity index is 2.22. The first-order chi connectivity index (χ1) is 19.2. The number of methoxy groups -OCH3 is 1. The molecule has 4 atom stereocenters. The van der Waals surface area contributed by atoms with Gasteiger partial charge < -0.3 is 19.3 Å². The van der Waals surface area contributed by atoms with Crippen molar-refractivity contribution < 1.29 is 37.3 Å². The van der Waals surface area contributed by atoms with Crippen LogP contribution in [-0.2, 0) is 29.1 Å². The van der Waals surface area contributed by atoms with Crippen LogP contribution in [0.1, 0.15) is 71.9 Å². The molecule has 1 fully saturated rings. The number of aryl methyl sites for hydroxylation is 1. The maximum Gasteiger partial charge on any atom is 0.315 e. The number of benzene rings is 2. The summed E-state index contributed by atoms with van der Waals surface area (Å²) in [5, 5.41) is 16.0. The third-order valence-electron chi connectivity index (χ3n) is 6.75. The van der Waals surface area contributed by atoms with Crippen LogP contribution in [0, 0.1) is 18.8 Å². The number of aliphatic hydroxyl groups is 1. The Morgan fingerprint density at radius 2 is 1.45 bits per heavy atom. The predicted molar refractivity (Wildman–Crippen MR) is 159 cm³/mol. The number of nitrogens with zero attached hydrogens (tertiary/aromatic N) is 1. The van der Waals surface area contributed by atoms with Crippen molar-refractivity contribution in [3.05, 3.63) is 59.7 Å². The average molecular weight is 603 g/mol. The first-order valence-corrected chi connectivity index (χ1v) is 15.2. The smallest absolute Gasteiger partial charge is 0.315 e. The monoisotopic (exact) mass is 602 g/mol. The summed E-state index contributed by atoms with van der Waals surface area (Å²) in [6.45, 7) is 13.5. The molecule has 42 heavy (non-hydrogen) atoms. The lowest BCUT2D eigenvalue weighted by Crippen LogP contribution is -2.56. The van der Waals surface area contributed by atoms with Crippen LogP contribution >= 0.6 is 0 Å². The Hall–Kier alpha value is -3.44. The van der Waals surface area contributed by atoms with Gasteiger partial charge >= 0.3 is 11.9 Å². The van der Waals surface area contributed by atoms with Gasteiger partial charge in [-0.15, -0.1) is 0 Å². The number of hydrogen-bond donors (Lipinski definition) is 2. The van der Waals surface area contributed by atoms with Crippen LogP contribution < -0.4 is 9.57 Å². The van der Waals surface area contributed by atoms with Crippen molar-refractivity contribution in [3.63, 3.8) is 0 Å². The maximum atomic E-state index is 13.9. The predicted octanol–water partition coefficient (Wildman–Crippen LogP) is 4.49. The first-order valence-electron chi connectivity index (χ1n) is 13.7. The van der Waals surface area contributed by atoms with Gasteiger partial charge in [0.1, 0.15) is 22.9 Å². The molecule has 11 heteroatoms. The van der Waals surface area contributed by atoms with E-state index in [1.54, 1.807) is 77.9 Å². The SMILES string of the molecule is COc1ccc(C2C(C(=O)OC(C)(C)C)C(=NNS(=O)(=O)c3ccc(C)cc3)CC(C)(O)C2C(=O)OC(C)(C)C)cc1. The van der Waals surface area contributed by atoms with Crippen LogP contribution in [0.4, 0.5) is 0 Å². The molecular formula is C31H42N2O8S. The minimum absolute atomic E-state index is 0.0190. The summed E-state index contributed by atoms with van der Waals surface area (Å²) in [6, 6.07) is 12.9. The molecule has 10 nitrogen and oxygen atoms in total. The summed E-state index contributed by atoms with van der Waals surface area (Å²) >= 11 is 0. The number of rotatable bonds is 7. The fourth-order valence-electron chi connectivity index (χ4n) is 5.00. The summed E-state index contributed by atoms with van der Waals surface area (Å²) < 4.78 is 43.0. The van der Waals surface area contributed by atoms with Crippen molar-refractivity contribution in [2.75, 3.05) is 7.11 Å². The van der Waals surface area contributed by atoms with E-state index in [0.717, 1.165) is 5.56 Å². The van der Waals surface area contributed by atoms with Gasteiger partial charge in [0.2, 0.25) is 0 Å². The number of esters is 2. The lowest BCUT2D eigenvalue weighted by molar-refractivity contribution is -0.175. The van der Waals surface area contributed by atoms with Crippen molar-refractivity contribution in [2.24, 2.45) is 16.9 Å². The second-order valence-corrected chi connectivity index (χ2v) is 14.5. The average Bonchev–Trinajstić information content (AvgIpc) is 2.84. The summed E-state index contributed by atoms with van der Waals surface area (Å²) in [4.78, 5) is 29.8. The van der Waals surface area contributed by atoms with Gasteiger partial charge in [-0.3, -0.25) is 9.59 Å². The molecule has 0 aliphatic heterocycles. The van der Waals surface area contributed by atoms with E-state index in [-0.39, 0.29) is 17.0 Å². The quantitative estimate of drug-likeness (QED) is 0.349. The molecule has 1 aliphatic rings. The lowest BCUT2D eigenvalue weighted by atomic mass is 9.61. The zero-order valence-electron chi connectivity index (χ0n) is 25.7. The summed E-state index contributed by atoms with van der Waals surface area (Å²) in [5.41, 5.74) is -2.15. The zero-order valence-corrected chi connectivity index (χ0v) is 26.5. The molecule has 3 rings (SSSR count). The number of nitrogens with one attached hydrogen (secondary N) is 1. The normalized spacial score (nSPS) is 24.1. The molecule has 230 valence electrons. The molecule has 2 N–H and O–H groups in total. The number of sulfonamides is 1. The van der Waals surface area contributed by atoms with E-state index < -0.39 is 56.5 Å². The molecule has 2 aromatic carbocycles. The molecule has 1 aliphatic carbocycles. The van der Waals surface area contributed by atoms with E-state index >= 15 is 0 Å². The minimum atomic E-state index is -4.12. The summed E-state index contributed by atoms with van der Waals surface area (Å²) in [5.74, 6) is -4.37. The van der Waals surface area contributed by atoms with Crippen molar-refractivity contribution in [2.45, 2.75) is 89.4 Å². The number of ether oxygens (including phenoxy) is 3. The fourth-order valence-corrected chi connectivity index (χ4v) is 5.83. The molecule has 0 heterocycles. The highest BCUT2D eigenvalue weighted by Gasteiger charge is 2.57. The number of hydrazone groups is 1. The van der Waals surface area contributed by atoms with Gasteiger partial charge in [-0.25, -0.2) is 4.83 Å². The Kier molecular flexibility index (Phi) is 9.48. The zero-order chi connectivity index (χ0) is 31.7. The van der Waals surface area contributed by atoms with E-state index in [0.29, 0.717) is 11.3 Å². The standard InChI is InChI=1S/C31H42N2O8S/c1-19-10-16-22(17-11-19)42(37,38)33-32-23-18-31(8,36)26(28(35)41-30(5,6)7)24(20-12-14-21(39-9)15-13-20)25(23)27(34)40-29(2,3)4/h10-17,24-26,33,36H,18H2,1-9H3. The molecular weight excluding hydrogens is 560 g/mol. The van der Waals surface area contributed by atoms with Crippen molar-refractivity contribution in [3.8, 4) is 5.75 Å². The Morgan fingerprint density at radius 1 is 0.929 bits per heavy atom. The van der Waals surface area contributed by atoms with Crippen LogP contribution in [-0.4, -0.2) is 55.1 Å². The van der Waals surface area contributed by atoms with Crippen LogP contribution in [0.5, 0.6) is 5.75 Å². The van der Waals surface area contributed by atoms with Crippen LogP contribution in [0.25, 0.3) is 0 Å². The van der Waals surface area contributed by atoms with E-state index in [9.17, 15) is 23.1 Å². The Labute approximate surface area is 248 Å². The van der Waals surface area contributed by atoms with Gasteiger partial charge in [-0.2, -0.15) is 13.5 Å². The number of carbonyl (C=O) groups is 2. The Morgan fingerprint density at radius 3 is 1.95 bits per heavy atom. The third kappa shape index (κ3) is 8.10. The van der Waals surface area contributed by atoms with Gasteiger partial charge in [0, 0.05) is 12.3 Å². The van der Waals surface area contributed by atoms with Gasteiger partial charge in [-0.1, -0.05) is 29.8 Å². The van der Waals surface area contributed by atoms with Gasteiger partial charge in [0.05, 0.1) is 29.2 Å². The molecule has 0 amide bonds. The fraction of sp³-hybridized carbons (Fsp3) is 0.516. The molecule has 2 aromatic rings. The lowest BCUT2D eigenvalue weighted by Gasteiger charge is -2.46. The van der Waals surface area contributed by atoms with Crippen LogP contribution in [0.2, 0.25) is 0 Å². The molecule has 0 radical (unpaired) electrons. The van der Waals surface area contributed by atoms with E-state index in [1.807, 2.05) is 6.92 Å². The van der Waals surface area contributed by atoms with Gasteiger partial charge in [0.15, 0.2) is 0 Å². The number of hydrogen-bond acceptors (Lipinski definition) is 9. The Bertz CT molecular complexity index is 1420. The van der Waals surface area contributed by atoms with Gasteiger partial charge in [0.25, 0.3) is 10.0 Å². The van der Waals surface area contributed by atoms with Gasteiger partial charge in [-0.05, 0) is 85.2 Å². The van der Waals surface area contributed by atoms with Crippen molar-refractivity contribution in [1.29, 1.82) is 0 Å². The molecule has 0 bridgehead atoms. The molecule has 0 spiro atoms. The summed E-state index contributed by atoms with van der Waals surface area (Å²) in [6.07, 6.45) is -0.302. The second kappa shape index (κ2) is 12.0. The van der Waals surface area contributed by atoms with Crippen LogP contribution in [0.15, 0.2) is 58.5 Å². The highest BCUT2D eigenvalue weighted by Crippen LogP contribution is 2.48. The first kappa shape index (κ1) is 33.1. The second-order valence-electron chi connectivity index (χ2n) is 12.9. The van der Waals surface area contributed by atoms with E-state index in [4.69, 9.17) is 14.2 Å². The topological polar surface area (TPSA) is 141 Å². The third-order valence-corrected chi connectivity index (χ3v) is 7.97.